The molecule has 0 atom stereocenters. The average molecular weight is 349 g/mol. The first kappa shape index (κ1) is 14.7. The molecule has 0 spiro atoms. The van der Waals surface area contributed by atoms with Crippen molar-refractivity contribution in [2.45, 2.75) is 25.7 Å². The summed E-state index contributed by atoms with van der Waals surface area (Å²) in [5, 5.41) is 29.9. The van der Waals surface area contributed by atoms with E-state index >= 15 is 0 Å². The van der Waals surface area contributed by atoms with Crippen LogP contribution in [-0.4, -0.2) is 20.4 Å². The largest absolute Gasteiger partial charge is 0.507 e. The van der Waals surface area contributed by atoms with Gasteiger partial charge in [0.2, 0.25) is 0 Å². The van der Waals surface area contributed by atoms with Crippen molar-refractivity contribution in [3.05, 3.63) is 39.4 Å². The Morgan fingerprint density at radius 2 is 1.70 bits per heavy atom. The molecule has 1 aliphatic carbocycles. The molecule has 118 valence electrons. The van der Waals surface area contributed by atoms with Crippen LogP contribution < -0.4 is 0 Å². The zero-order valence-electron chi connectivity index (χ0n) is 12.2. The van der Waals surface area contributed by atoms with Gasteiger partial charge in [-0.1, -0.05) is 23.2 Å². The van der Waals surface area contributed by atoms with Crippen molar-refractivity contribution in [1.29, 1.82) is 0 Å². The number of phenolic OH excluding ortho intramolecular Hbond substituents is 2. The van der Waals surface area contributed by atoms with Crippen molar-refractivity contribution < 1.29 is 10.2 Å². The van der Waals surface area contributed by atoms with Crippen molar-refractivity contribution in [3.8, 4) is 22.8 Å². The van der Waals surface area contributed by atoms with E-state index in [4.69, 9.17) is 23.2 Å². The van der Waals surface area contributed by atoms with E-state index in [9.17, 15) is 10.2 Å². The molecule has 0 bridgehead atoms. The van der Waals surface area contributed by atoms with Gasteiger partial charge in [0.1, 0.15) is 22.7 Å². The number of nitrogens with zero attached hydrogens (tertiary/aromatic N) is 1. The summed E-state index contributed by atoms with van der Waals surface area (Å²) in [7, 11) is 0. The van der Waals surface area contributed by atoms with Gasteiger partial charge < -0.3 is 10.2 Å². The Labute approximate surface area is 142 Å². The lowest BCUT2D eigenvalue weighted by Crippen LogP contribution is -2.03. The van der Waals surface area contributed by atoms with Crippen molar-refractivity contribution in [1.82, 2.24) is 10.2 Å². The summed E-state index contributed by atoms with van der Waals surface area (Å²) in [5.41, 5.74) is 3.18. The van der Waals surface area contributed by atoms with Gasteiger partial charge >= 0.3 is 0 Å². The molecule has 4 nitrogen and oxygen atoms in total. The van der Waals surface area contributed by atoms with Crippen LogP contribution in [0.4, 0.5) is 0 Å². The molecule has 0 saturated carbocycles. The monoisotopic (exact) mass is 348 g/mol. The number of aromatic hydroxyl groups is 2. The molecule has 0 unspecified atom stereocenters. The quantitative estimate of drug-likeness (QED) is 0.551. The summed E-state index contributed by atoms with van der Waals surface area (Å²) < 4.78 is 0. The molecule has 1 aliphatic rings. The zero-order chi connectivity index (χ0) is 16.1. The highest BCUT2D eigenvalue weighted by Gasteiger charge is 2.25. The number of benzene rings is 2. The molecule has 3 N–H and O–H groups in total. The molecule has 0 fully saturated rings. The van der Waals surface area contributed by atoms with Crippen molar-refractivity contribution in [3.63, 3.8) is 0 Å². The van der Waals surface area contributed by atoms with Crippen LogP contribution in [0.5, 0.6) is 11.5 Å². The summed E-state index contributed by atoms with van der Waals surface area (Å²) in [6, 6.07) is 5.09. The molecule has 0 aliphatic heterocycles. The van der Waals surface area contributed by atoms with Gasteiger partial charge in [0, 0.05) is 21.7 Å². The number of hydrogen-bond donors (Lipinski definition) is 3. The number of phenols is 2. The highest BCUT2D eigenvalue weighted by atomic mass is 35.5. The maximum Gasteiger partial charge on any atom is 0.144 e. The molecule has 1 heterocycles. The average Bonchev–Trinajstić information content (AvgIpc) is 3.00. The second kappa shape index (κ2) is 5.32. The molecule has 0 saturated heterocycles. The molecule has 2 aromatic carbocycles. The zero-order valence-corrected chi connectivity index (χ0v) is 13.7. The predicted octanol–water partition coefficient (Wildman–Crippen LogP) is 4.83. The molecule has 0 radical (unpaired) electrons. The number of rotatable bonds is 1. The highest BCUT2D eigenvalue weighted by Crippen LogP contribution is 2.46. The maximum absolute atomic E-state index is 10.8. The second-order valence-corrected chi connectivity index (χ2v) is 6.65. The highest BCUT2D eigenvalue weighted by molar-refractivity contribution is 6.35. The van der Waals surface area contributed by atoms with Gasteiger partial charge in [-0.15, -0.1) is 0 Å². The van der Waals surface area contributed by atoms with Crippen LogP contribution in [0.3, 0.4) is 0 Å². The number of hydrogen-bond acceptors (Lipinski definition) is 3. The van der Waals surface area contributed by atoms with Crippen molar-refractivity contribution in [2.24, 2.45) is 0 Å². The number of H-pyrrole nitrogens is 1. The molecule has 23 heavy (non-hydrogen) atoms. The van der Waals surface area contributed by atoms with Gasteiger partial charge in [-0.05, 0) is 43.9 Å². The van der Waals surface area contributed by atoms with Gasteiger partial charge in [-0.3, -0.25) is 5.10 Å². The minimum atomic E-state index is 0.171. The van der Waals surface area contributed by atoms with Crippen LogP contribution in [0.1, 0.15) is 24.0 Å². The third kappa shape index (κ3) is 2.17. The predicted molar refractivity (Wildman–Crippen MR) is 91.5 cm³/mol. The van der Waals surface area contributed by atoms with Crippen LogP contribution in [0.2, 0.25) is 10.0 Å². The van der Waals surface area contributed by atoms with E-state index in [0.717, 1.165) is 36.8 Å². The molecule has 1 aromatic heterocycles. The molecular formula is C17H14Cl2N2O2. The van der Waals surface area contributed by atoms with E-state index in [-0.39, 0.29) is 11.5 Å². The Morgan fingerprint density at radius 3 is 2.43 bits per heavy atom. The topological polar surface area (TPSA) is 69.1 Å². The summed E-state index contributed by atoms with van der Waals surface area (Å²) in [5.74, 6) is 0.344. The SMILES string of the molecule is Oc1c2c(c(O)c3c(-c4cc(Cl)ccc4Cl)n[nH]c13)CCCC2. The first-order valence-electron chi connectivity index (χ1n) is 7.47. The van der Waals surface area contributed by atoms with Crippen LogP contribution in [0.15, 0.2) is 18.2 Å². The Balaban J connectivity index is 2.07. The maximum atomic E-state index is 10.8. The van der Waals surface area contributed by atoms with Crippen molar-refractivity contribution in [2.75, 3.05) is 0 Å². The lowest BCUT2D eigenvalue weighted by atomic mass is 9.88. The summed E-state index contributed by atoms with van der Waals surface area (Å²) in [4.78, 5) is 0. The van der Waals surface area contributed by atoms with E-state index in [0.29, 0.717) is 32.2 Å². The minimum Gasteiger partial charge on any atom is -0.507 e. The number of halogens is 2. The minimum absolute atomic E-state index is 0.171. The first-order chi connectivity index (χ1) is 11.1. The second-order valence-electron chi connectivity index (χ2n) is 5.81. The molecule has 0 amide bonds. The van der Waals surface area contributed by atoms with Gasteiger partial charge in [-0.2, -0.15) is 5.10 Å². The Kier molecular flexibility index (Phi) is 3.39. The number of aromatic nitrogens is 2. The first-order valence-corrected chi connectivity index (χ1v) is 8.22. The van der Waals surface area contributed by atoms with Crippen LogP contribution >= 0.6 is 23.2 Å². The summed E-state index contributed by atoms with van der Waals surface area (Å²) >= 11 is 12.3. The fraction of sp³-hybridized carbons (Fsp3) is 0.235. The molecular weight excluding hydrogens is 335 g/mol. The molecule has 4 rings (SSSR count). The van der Waals surface area contributed by atoms with Crippen LogP contribution in [-0.2, 0) is 12.8 Å². The Morgan fingerprint density at radius 1 is 1.00 bits per heavy atom. The van der Waals surface area contributed by atoms with E-state index in [1.54, 1.807) is 18.2 Å². The normalized spacial score (nSPS) is 14.2. The lowest BCUT2D eigenvalue weighted by Gasteiger charge is -2.19. The lowest BCUT2D eigenvalue weighted by molar-refractivity contribution is 0.448. The number of nitrogens with one attached hydrogen (secondary N) is 1. The van der Waals surface area contributed by atoms with Gasteiger partial charge in [0.05, 0.1) is 10.4 Å². The molecule has 3 aromatic rings. The third-order valence-corrected chi connectivity index (χ3v) is 5.03. The Hall–Kier alpha value is -1.91. The fourth-order valence-corrected chi connectivity index (χ4v) is 3.73. The summed E-state index contributed by atoms with van der Waals surface area (Å²) in [6.45, 7) is 0. The fourth-order valence-electron chi connectivity index (χ4n) is 3.35. The number of fused-ring (bicyclic) bond motifs is 2. The molecule has 6 heteroatoms. The van der Waals surface area contributed by atoms with E-state index in [1.807, 2.05) is 0 Å². The third-order valence-electron chi connectivity index (χ3n) is 4.46. The smallest absolute Gasteiger partial charge is 0.144 e. The number of aromatic amines is 1. The van der Waals surface area contributed by atoms with E-state index < -0.39 is 0 Å². The standard InChI is InChI=1S/C17H14Cl2N2O2/c18-8-5-6-12(19)11(7-8)14-13-15(21-20-14)17(23)10-4-2-1-3-9(10)16(13)22/h5-7,22-23H,1-4H2,(H,20,21). The van der Waals surface area contributed by atoms with Crippen LogP contribution in [0.25, 0.3) is 22.2 Å². The van der Waals surface area contributed by atoms with Crippen LogP contribution in [0, 0.1) is 0 Å². The van der Waals surface area contributed by atoms with E-state index in [1.165, 1.54) is 0 Å². The van der Waals surface area contributed by atoms with Gasteiger partial charge in [0.15, 0.2) is 0 Å². The van der Waals surface area contributed by atoms with Gasteiger partial charge in [0.25, 0.3) is 0 Å². The Bertz CT molecular complexity index is 934. The van der Waals surface area contributed by atoms with Crippen molar-refractivity contribution >= 4 is 34.1 Å². The van der Waals surface area contributed by atoms with E-state index in [2.05, 4.69) is 10.2 Å². The van der Waals surface area contributed by atoms with Gasteiger partial charge in [-0.25, -0.2) is 0 Å². The summed E-state index contributed by atoms with van der Waals surface area (Å²) in [6.07, 6.45) is 3.51.